The maximum absolute atomic E-state index is 12.5. The summed E-state index contributed by atoms with van der Waals surface area (Å²) in [5, 5.41) is 2.91. The van der Waals surface area contributed by atoms with Crippen LogP contribution in [0.15, 0.2) is 41.1 Å². The second-order valence-electron chi connectivity index (χ2n) is 5.62. The number of carbonyl (C=O) groups excluding carboxylic acids is 2. The number of hydrogen-bond donors (Lipinski definition) is 1. The molecule has 0 aromatic carbocycles. The van der Waals surface area contributed by atoms with Gasteiger partial charge in [-0.1, -0.05) is 6.07 Å². The Morgan fingerprint density at radius 2 is 2.26 bits per heavy atom. The molecule has 2 aromatic heterocycles. The molecule has 0 aliphatic carbocycles. The number of aromatic nitrogens is 1. The van der Waals surface area contributed by atoms with Crippen LogP contribution in [-0.4, -0.2) is 34.8 Å². The van der Waals surface area contributed by atoms with E-state index in [0.717, 1.165) is 17.0 Å². The molecule has 0 saturated heterocycles. The molecule has 1 aliphatic heterocycles. The number of pyridine rings is 1. The monoisotopic (exact) mass is 313 g/mol. The maximum Gasteiger partial charge on any atom is 0.230 e. The van der Waals surface area contributed by atoms with E-state index in [1.54, 1.807) is 17.4 Å². The van der Waals surface area contributed by atoms with E-state index in [2.05, 4.69) is 10.3 Å². The quantitative estimate of drug-likeness (QED) is 0.927. The van der Waals surface area contributed by atoms with Crippen LogP contribution >= 0.6 is 0 Å². The van der Waals surface area contributed by atoms with Gasteiger partial charge >= 0.3 is 0 Å². The number of nitrogens with zero attached hydrogens (tertiary/aromatic N) is 2. The Hall–Kier alpha value is -2.63. The van der Waals surface area contributed by atoms with Gasteiger partial charge in [0.25, 0.3) is 0 Å². The maximum atomic E-state index is 12.5. The number of amides is 2. The van der Waals surface area contributed by atoms with Crippen molar-refractivity contribution in [2.75, 3.05) is 13.1 Å². The third-order valence-electron chi connectivity index (χ3n) is 4.03. The van der Waals surface area contributed by atoms with Crippen molar-refractivity contribution in [3.8, 4) is 0 Å². The second kappa shape index (κ2) is 6.64. The van der Waals surface area contributed by atoms with E-state index in [-0.39, 0.29) is 11.8 Å². The molecule has 0 fully saturated rings. The molecule has 1 N–H and O–H groups in total. The van der Waals surface area contributed by atoms with E-state index in [1.165, 1.54) is 6.92 Å². The molecule has 1 atom stereocenters. The van der Waals surface area contributed by atoms with Gasteiger partial charge in [0.15, 0.2) is 0 Å². The van der Waals surface area contributed by atoms with Crippen molar-refractivity contribution >= 4 is 11.8 Å². The predicted molar refractivity (Wildman–Crippen MR) is 83.5 cm³/mol. The summed E-state index contributed by atoms with van der Waals surface area (Å²) in [5.41, 5.74) is 1.70. The zero-order chi connectivity index (χ0) is 16.2. The highest BCUT2D eigenvalue weighted by Crippen LogP contribution is 2.26. The number of rotatable bonds is 4. The molecular weight excluding hydrogens is 294 g/mol. The molecule has 1 unspecified atom stereocenters. The predicted octanol–water partition coefficient (Wildman–Crippen LogP) is 1.48. The Balaban J connectivity index is 1.69. The molecule has 6 nitrogen and oxygen atoms in total. The molecule has 0 spiro atoms. The molecule has 2 aromatic rings. The van der Waals surface area contributed by atoms with Gasteiger partial charge in [-0.25, -0.2) is 0 Å². The molecule has 0 bridgehead atoms. The lowest BCUT2D eigenvalue weighted by molar-refractivity contribution is -0.131. The number of fused-ring (bicyclic) bond motifs is 1. The summed E-state index contributed by atoms with van der Waals surface area (Å²) in [5.74, 6) is 0.258. The van der Waals surface area contributed by atoms with Crippen molar-refractivity contribution < 1.29 is 14.0 Å². The van der Waals surface area contributed by atoms with E-state index in [0.29, 0.717) is 26.1 Å². The van der Waals surface area contributed by atoms with Gasteiger partial charge in [0.1, 0.15) is 5.76 Å². The standard InChI is InChI=1S/C17H19N3O3/c1-12(21)20-10-13-4-2-7-18-16(13)15(11-20)17(22)19-8-6-14-5-3-9-23-14/h2-5,7,9,15H,6,8,10-11H2,1H3,(H,19,22). The molecule has 23 heavy (non-hydrogen) atoms. The third kappa shape index (κ3) is 3.41. The first-order chi connectivity index (χ1) is 11.1. The van der Waals surface area contributed by atoms with Crippen LogP contribution in [-0.2, 0) is 22.6 Å². The summed E-state index contributed by atoms with van der Waals surface area (Å²) in [6.07, 6.45) is 3.94. The van der Waals surface area contributed by atoms with Gasteiger partial charge in [0, 0.05) is 39.2 Å². The fourth-order valence-corrected chi connectivity index (χ4v) is 2.81. The van der Waals surface area contributed by atoms with Crippen LogP contribution in [0.4, 0.5) is 0 Å². The summed E-state index contributed by atoms with van der Waals surface area (Å²) in [6, 6.07) is 7.44. The average Bonchev–Trinajstić information content (AvgIpc) is 3.07. The molecule has 0 saturated carbocycles. The smallest absolute Gasteiger partial charge is 0.230 e. The van der Waals surface area contributed by atoms with Gasteiger partial charge in [-0.2, -0.15) is 0 Å². The highest BCUT2D eigenvalue weighted by Gasteiger charge is 2.32. The van der Waals surface area contributed by atoms with Crippen LogP contribution < -0.4 is 5.32 Å². The zero-order valence-electron chi connectivity index (χ0n) is 13.0. The van der Waals surface area contributed by atoms with Gasteiger partial charge in [0.2, 0.25) is 11.8 Å². The van der Waals surface area contributed by atoms with Crippen LogP contribution in [0, 0.1) is 0 Å². The molecule has 3 heterocycles. The Kier molecular flexibility index (Phi) is 4.41. The van der Waals surface area contributed by atoms with Gasteiger partial charge < -0.3 is 14.6 Å². The topological polar surface area (TPSA) is 75.4 Å². The molecule has 0 radical (unpaired) electrons. The van der Waals surface area contributed by atoms with Crippen LogP contribution in [0.1, 0.15) is 29.9 Å². The lowest BCUT2D eigenvalue weighted by Gasteiger charge is -2.32. The normalized spacial score (nSPS) is 16.7. The summed E-state index contributed by atoms with van der Waals surface area (Å²) in [7, 11) is 0. The second-order valence-corrected chi connectivity index (χ2v) is 5.62. The Morgan fingerprint density at radius 1 is 1.39 bits per heavy atom. The van der Waals surface area contributed by atoms with E-state index >= 15 is 0 Å². The van der Waals surface area contributed by atoms with Crippen LogP contribution in [0.3, 0.4) is 0 Å². The Labute approximate surface area is 134 Å². The molecule has 6 heteroatoms. The lowest BCUT2D eigenvalue weighted by atomic mass is 9.94. The largest absolute Gasteiger partial charge is 0.469 e. The minimum Gasteiger partial charge on any atom is -0.469 e. The molecule has 2 amide bonds. The number of furan rings is 1. The number of nitrogens with one attached hydrogen (secondary N) is 1. The first-order valence-corrected chi connectivity index (χ1v) is 7.64. The zero-order valence-corrected chi connectivity index (χ0v) is 13.0. The molecule has 120 valence electrons. The number of carbonyl (C=O) groups is 2. The van der Waals surface area contributed by atoms with Crippen molar-refractivity contribution in [2.24, 2.45) is 0 Å². The highest BCUT2D eigenvalue weighted by atomic mass is 16.3. The SMILES string of the molecule is CC(=O)N1Cc2cccnc2C(C(=O)NCCc2ccco2)C1. The van der Waals surface area contributed by atoms with E-state index in [9.17, 15) is 9.59 Å². The molecule has 3 rings (SSSR count). The Bertz CT molecular complexity index is 697. The third-order valence-corrected chi connectivity index (χ3v) is 4.03. The van der Waals surface area contributed by atoms with Gasteiger partial charge in [-0.15, -0.1) is 0 Å². The highest BCUT2D eigenvalue weighted by molar-refractivity contribution is 5.85. The van der Waals surface area contributed by atoms with Crippen LogP contribution in [0.2, 0.25) is 0 Å². The van der Waals surface area contributed by atoms with Crippen molar-refractivity contribution in [1.82, 2.24) is 15.2 Å². The van der Waals surface area contributed by atoms with Crippen molar-refractivity contribution in [2.45, 2.75) is 25.8 Å². The summed E-state index contributed by atoms with van der Waals surface area (Å²) < 4.78 is 5.25. The van der Waals surface area contributed by atoms with Crippen LogP contribution in [0.5, 0.6) is 0 Å². The average molecular weight is 313 g/mol. The fourth-order valence-electron chi connectivity index (χ4n) is 2.81. The van der Waals surface area contributed by atoms with Gasteiger partial charge in [-0.3, -0.25) is 14.6 Å². The van der Waals surface area contributed by atoms with Crippen molar-refractivity contribution in [1.29, 1.82) is 0 Å². The fraction of sp³-hybridized carbons (Fsp3) is 0.353. The van der Waals surface area contributed by atoms with Gasteiger partial charge in [-0.05, 0) is 23.8 Å². The van der Waals surface area contributed by atoms with Gasteiger partial charge in [0.05, 0.1) is 17.9 Å². The minimum absolute atomic E-state index is 0.0344. The minimum atomic E-state index is -0.430. The van der Waals surface area contributed by atoms with Crippen LogP contribution in [0.25, 0.3) is 0 Å². The molecular formula is C17H19N3O3. The Morgan fingerprint density at radius 3 is 3.00 bits per heavy atom. The first-order valence-electron chi connectivity index (χ1n) is 7.64. The van der Waals surface area contributed by atoms with E-state index in [4.69, 9.17) is 4.42 Å². The van der Waals surface area contributed by atoms with E-state index in [1.807, 2.05) is 24.3 Å². The first kappa shape index (κ1) is 15.3. The summed E-state index contributed by atoms with van der Waals surface area (Å²) in [4.78, 5) is 30.3. The molecule has 1 aliphatic rings. The number of hydrogen-bond acceptors (Lipinski definition) is 4. The van der Waals surface area contributed by atoms with Crippen molar-refractivity contribution in [3.63, 3.8) is 0 Å². The lowest BCUT2D eigenvalue weighted by Crippen LogP contribution is -2.43. The van der Waals surface area contributed by atoms with Crippen molar-refractivity contribution in [3.05, 3.63) is 53.7 Å². The summed E-state index contributed by atoms with van der Waals surface area (Å²) in [6.45, 7) is 2.89. The summed E-state index contributed by atoms with van der Waals surface area (Å²) >= 11 is 0. The van der Waals surface area contributed by atoms with E-state index < -0.39 is 5.92 Å².